The highest BCUT2D eigenvalue weighted by Gasteiger charge is 2.12. The van der Waals surface area contributed by atoms with Crippen LogP contribution in [0.5, 0.6) is 0 Å². The van der Waals surface area contributed by atoms with E-state index in [0.29, 0.717) is 5.56 Å². The van der Waals surface area contributed by atoms with Crippen LogP contribution in [0.3, 0.4) is 0 Å². The third kappa shape index (κ3) is 5.59. The first-order valence-corrected chi connectivity index (χ1v) is 5.94. The Hall–Kier alpha value is -0.810. The summed E-state index contributed by atoms with van der Waals surface area (Å²) in [5.41, 5.74) is 0.488. The van der Waals surface area contributed by atoms with Gasteiger partial charge in [0.2, 0.25) is 0 Å². The van der Waals surface area contributed by atoms with Crippen molar-refractivity contribution in [2.24, 2.45) is 0 Å². The first-order chi connectivity index (χ1) is 6.93. The zero-order valence-corrected chi connectivity index (χ0v) is 9.92. The highest BCUT2D eigenvalue weighted by molar-refractivity contribution is 7.85. The molecule has 0 heterocycles. The summed E-state index contributed by atoms with van der Waals surface area (Å²) in [6, 6.07) is 6.10. The Morgan fingerprint density at radius 1 is 1.27 bits per heavy atom. The molecule has 83 valence electrons. The van der Waals surface area contributed by atoms with E-state index in [1.807, 2.05) is 0 Å². The van der Waals surface area contributed by atoms with Crippen molar-refractivity contribution in [3.63, 3.8) is 0 Å². The smallest absolute Gasteiger partial charge is 0.298 e. The van der Waals surface area contributed by atoms with Crippen molar-refractivity contribution in [1.82, 2.24) is 0 Å². The van der Waals surface area contributed by atoms with Crippen molar-refractivity contribution in [2.45, 2.75) is 11.8 Å². The highest BCUT2D eigenvalue weighted by atomic mass is 32.2. The molecule has 0 N–H and O–H groups in total. The summed E-state index contributed by atoms with van der Waals surface area (Å²) in [5, 5.41) is 0. The number of hydrogen-bond donors (Lipinski definition) is 0. The SMILES string of the molecule is COP=O.Cc1ccccc1S([O])(=O)=O. The van der Waals surface area contributed by atoms with E-state index in [1.165, 1.54) is 19.2 Å². The molecule has 1 rings (SSSR count). The summed E-state index contributed by atoms with van der Waals surface area (Å²) >= 11 is 0. The average Bonchev–Trinajstić information content (AvgIpc) is 2.17. The van der Waals surface area contributed by atoms with E-state index < -0.39 is 10.1 Å². The van der Waals surface area contributed by atoms with E-state index in [-0.39, 0.29) is 13.6 Å². The lowest BCUT2D eigenvalue weighted by Gasteiger charge is -1.97. The molecule has 1 aromatic rings. The number of benzene rings is 1. The molecule has 0 aliphatic rings. The van der Waals surface area contributed by atoms with Crippen molar-refractivity contribution in [2.75, 3.05) is 7.11 Å². The molecule has 1 radical (unpaired) electrons. The van der Waals surface area contributed by atoms with Crippen LogP contribution in [0.2, 0.25) is 0 Å². The maximum atomic E-state index is 10.5. The second kappa shape index (κ2) is 6.63. The van der Waals surface area contributed by atoms with Gasteiger partial charge < -0.3 is 0 Å². The number of aryl methyl sites for hydroxylation is 1. The third-order valence-electron chi connectivity index (χ3n) is 1.44. The lowest BCUT2D eigenvalue weighted by molar-refractivity contribution is 0.414. The zero-order valence-electron chi connectivity index (χ0n) is 8.21. The molecule has 0 aliphatic heterocycles. The van der Waals surface area contributed by atoms with Crippen LogP contribution >= 0.6 is 8.69 Å². The summed E-state index contributed by atoms with van der Waals surface area (Å²) in [5.74, 6) is 0. The van der Waals surface area contributed by atoms with Gasteiger partial charge in [0.25, 0.3) is 0 Å². The van der Waals surface area contributed by atoms with Crippen LogP contribution < -0.4 is 0 Å². The van der Waals surface area contributed by atoms with E-state index in [1.54, 1.807) is 19.1 Å². The monoisotopic (exact) mass is 249 g/mol. The molecule has 0 atom stereocenters. The van der Waals surface area contributed by atoms with Gasteiger partial charge in [0, 0.05) is 7.11 Å². The predicted octanol–water partition coefficient (Wildman–Crippen LogP) is 1.95. The summed E-state index contributed by atoms with van der Waals surface area (Å²) < 4.78 is 44.5. The molecule has 0 spiro atoms. The Morgan fingerprint density at radius 3 is 2.00 bits per heavy atom. The van der Waals surface area contributed by atoms with Crippen molar-refractivity contribution in [3.8, 4) is 0 Å². The van der Waals surface area contributed by atoms with Crippen LogP contribution in [0.25, 0.3) is 0 Å². The number of hydrogen-bond acceptors (Lipinski definition) is 4. The van der Waals surface area contributed by atoms with E-state index >= 15 is 0 Å². The molecule has 0 saturated heterocycles. The van der Waals surface area contributed by atoms with Gasteiger partial charge in [-0.25, -0.2) is 4.57 Å². The molecule has 0 aromatic heterocycles. The standard InChI is InChI=1S/C7H7O3S.CH3O2P/c1-6-4-2-3-5-7(6)11(8,9)10;1-3-4-2/h2-5H,1H3;1H3. The van der Waals surface area contributed by atoms with Crippen LogP contribution in [0.1, 0.15) is 5.56 Å². The molecular formula is C8H10O5PS. The van der Waals surface area contributed by atoms with Crippen molar-refractivity contribution >= 4 is 18.8 Å². The lowest BCUT2D eigenvalue weighted by atomic mass is 10.2. The topological polar surface area (TPSA) is 80.3 Å². The minimum Gasteiger partial charge on any atom is -0.298 e. The fourth-order valence-electron chi connectivity index (χ4n) is 0.837. The minimum atomic E-state index is -4.28. The van der Waals surface area contributed by atoms with Crippen molar-refractivity contribution in [3.05, 3.63) is 29.8 Å². The predicted molar refractivity (Wildman–Crippen MR) is 53.7 cm³/mol. The second-order valence-electron chi connectivity index (χ2n) is 2.48. The first kappa shape index (κ1) is 14.2. The van der Waals surface area contributed by atoms with Gasteiger partial charge in [0.1, 0.15) is 0 Å². The molecular weight excluding hydrogens is 239 g/mol. The molecule has 0 bridgehead atoms. The largest absolute Gasteiger partial charge is 0.327 e. The first-order valence-electron chi connectivity index (χ1n) is 3.80. The summed E-state index contributed by atoms with van der Waals surface area (Å²) in [4.78, 5) is -0.139. The molecule has 5 nitrogen and oxygen atoms in total. The highest BCUT2D eigenvalue weighted by Crippen LogP contribution is 2.13. The molecule has 1 aromatic carbocycles. The Morgan fingerprint density at radius 2 is 1.73 bits per heavy atom. The normalized spacial score (nSPS) is 10.6. The zero-order chi connectivity index (χ0) is 11.9. The van der Waals surface area contributed by atoms with E-state index in [9.17, 15) is 13.0 Å². The van der Waals surface area contributed by atoms with Crippen LogP contribution in [-0.4, -0.2) is 15.5 Å². The third-order valence-corrected chi connectivity index (χ3v) is 2.58. The Balaban J connectivity index is 0.000000423. The van der Waals surface area contributed by atoms with Crippen molar-refractivity contribution < 1.29 is 22.1 Å². The van der Waals surface area contributed by atoms with Crippen LogP contribution in [0.4, 0.5) is 0 Å². The van der Waals surface area contributed by atoms with Gasteiger partial charge in [-0.3, -0.25) is 4.52 Å². The fourth-order valence-corrected chi connectivity index (χ4v) is 1.54. The second-order valence-corrected chi connectivity index (χ2v) is 4.34. The Labute approximate surface area is 90.1 Å². The lowest BCUT2D eigenvalue weighted by Crippen LogP contribution is -1.97. The maximum absolute atomic E-state index is 10.5. The molecule has 0 unspecified atom stereocenters. The van der Waals surface area contributed by atoms with Gasteiger partial charge in [-0.2, -0.15) is 8.42 Å². The quantitative estimate of drug-likeness (QED) is 0.750. The van der Waals surface area contributed by atoms with Gasteiger partial charge in [-0.1, -0.05) is 22.8 Å². The summed E-state index contributed by atoms with van der Waals surface area (Å²) in [6.45, 7) is 1.59. The van der Waals surface area contributed by atoms with Crippen LogP contribution in [-0.2, 0) is 23.8 Å². The maximum Gasteiger partial charge on any atom is 0.327 e. The molecule has 0 fully saturated rings. The average molecular weight is 249 g/mol. The van der Waals surface area contributed by atoms with Gasteiger partial charge >= 0.3 is 18.8 Å². The number of rotatable bonds is 2. The molecule has 0 amide bonds. The van der Waals surface area contributed by atoms with Crippen molar-refractivity contribution in [1.29, 1.82) is 0 Å². The molecule has 0 saturated carbocycles. The van der Waals surface area contributed by atoms with Crippen LogP contribution in [0.15, 0.2) is 29.2 Å². The molecule has 7 heteroatoms. The fraction of sp³-hybridized carbons (Fsp3) is 0.250. The Kier molecular flexibility index (Phi) is 6.27. The van der Waals surface area contributed by atoms with Gasteiger partial charge in [0.15, 0.2) is 0 Å². The van der Waals surface area contributed by atoms with Gasteiger partial charge in [-0.05, 0) is 18.6 Å². The minimum absolute atomic E-state index is 0.139. The van der Waals surface area contributed by atoms with E-state index in [0.717, 1.165) is 0 Å². The Bertz CT molecular complexity index is 415. The van der Waals surface area contributed by atoms with Gasteiger partial charge in [0.05, 0.1) is 4.90 Å². The molecule has 15 heavy (non-hydrogen) atoms. The van der Waals surface area contributed by atoms with E-state index in [2.05, 4.69) is 4.52 Å². The van der Waals surface area contributed by atoms with E-state index in [4.69, 9.17) is 4.57 Å². The summed E-state index contributed by atoms with van der Waals surface area (Å²) in [6.07, 6.45) is 0. The summed E-state index contributed by atoms with van der Waals surface area (Å²) in [7, 11) is -3.18. The van der Waals surface area contributed by atoms with Gasteiger partial charge in [-0.15, -0.1) is 0 Å². The van der Waals surface area contributed by atoms with Crippen LogP contribution in [0, 0.1) is 6.92 Å². The molecule has 0 aliphatic carbocycles.